The molecule has 2 rings (SSSR count). The number of aliphatic hydroxyl groups is 1. The average Bonchev–Trinajstić information content (AvgIpc) is 2.83. The van der Waals surface area contributed by atoms with Gasteiger partial charge in [-0.05, 0) is 28.4 Å². The highest BCUT2D eigenvalue weighted by Gasteiger charge is 2.35. The van der Waals surface area contributed by atoms with E-state index in [1.54, 1.807) is 0 Å². The van der Waals surface area contributed by atoms with Crippen molar-refractivity contribution in [2.24, 2.45) is 0 Å². The summed E-state index contributed by atoms with van der Waals surface area (Å²) in [6.45, 7) is 7.59. The summed E-state index contributed by atoms with van der Waals surface area (Å²) in [4.78, 5) is 15.1. The Balaban J connectivity index is 2.22. The van der Waals surface area contributed by atoms with Crippen LogP contribution in [0.1, 0.15) is 18.1 Å². The Labute approximate surface area is 154 Å². The van der Waals surface area contributed by atoms with Gasteiger partial charge < -0.3 is 5.11 Å². The molecular formula is C16H12BrF4N3O2. The number of benzene rings is 1. The van der Waals surface area contributed by atoms with Crippen molar-refractivity contribution in [2.45, 2.75) is 31.7 Å². The molecule has 2 aromatic rings. The van der Waals surface area contributed by atoms with E-state index in [2.05, 4.69) is 25.9 Å². The van der Waals surface area contributed by atoms with Gasteiger partial charge in [-0.2, -0.15) is 17.6 Å². The summed E-state index contributed by atoms with van der Waals surface area (Å²) < 4.78 is 53.2. The van der Waals surface area contributed by atoms with Crippen LogP contribution in [0.3, 0.4) is 0 Å². The third kappa shape index (κ3) is 4.47. The molecule has 0 aliphatic heterocycles. The van der Waals surface area contributed by atoms with Gasteiger partial charge in [0.05, 0.1) is 23.2 Å². The zero-order valence-electron chi connectivity index (χ0n) is 13.3. The van der Waals surface area contributed by atoms with Crippen LogP contribution in [-0.4, -0.2) is 26.3 Å². The lowest BCUT2D eigenvalue weighted by Gasteiger charge is -2.22. The number of alkyl halides is 3. The Morgan fingerprint density at radius 3 is 2.58 bits per heavy atom. The molecule has 1 aromatic heterocycles. The highest BCUT2D eigenvalue weighted by atomic mass is 79.9. The molecular weight excluding hydrogens is 422 g/mol. The van der Waals surface area contributed by atoms with Crippen molar-refractivity contribution in [3.05, 3.63) is 57.4 Å². The standard InChI is InChI=1S/C16H12BrF4N3O2/c1-15(26,8-24-7-11(17)14(18)23-24)13(25)6-9-3-4-12(22-2)10(5-9)16(19,20)21/h3-5,7,26H,6,8H2,1H3/t15-/m0/s1. The number of aromatic nitrogens is 2. The Morgan fingerprint density at radius 2 is 2.08 bits per heavy atom. The van der Waals surface area contributed by atoms with E-state index >= 15 is 0 Å². The molecule has 10 heteroatoms. The average molecular weight is 434 g/mol. The monoisotopic (exact) mass is 433 g/mol. The summed E-state index contributed by atoms with van der Waals surface area (Å²) in [5.74, 6) is -1.59. The van der Waals surface area contributed by atoms with Crippen LogP contribution in [0.4, 0.5) is 23.2 Å². The Kier molecular flexibility index (Phi) is 5.53. The maximum absolute atomic E-state index is 13.2. The first-order chi connectivity index (χ1) is 11.9. The number of halogens is 5. The van der Waals surface area contributed by atoms with Crippen molar-refractivity contribution >= 4 is 27.4 Å². The number of Topliss-reactive ketones (excluding diaryl/α,β-unsaturated/α-hetero) is 1. The summed E-state index contributed by atoms with van der Waals surface area (Å²) in [6.07, 6.45) is -4.00. The lowest BCUT2D eigenvalue weighted by Crippen LogP contribution is -2.41. The number of rotatable bonds is 5. The van der Waals surface area contributed by atoms with Crippen molar-refractivity contribution in [1.29, 1.82) is 0 Å². The molecule has 0 radical (unpaired) electrons. The van der Waals surface area contributed by atoms with E-state index in [0.29, 0.717) is 6.07 Å². The minimum atomic E-state index is -4.74. The molecule has 1 heterocycles. The second-order valence-corrected chi connectivity index (χ2v) is 6.65. The molecule has 0 saturated heterocycles. The summed E-state index contributed by atoms with van der Waals surface area (Å²) in [6, 6.07) is 2.92. The summed E-state index contributed by atoms with van der Waals surface area (Å²) in [7, 11) is 0. The molecule has 1 aromatic carbocycles. The Bertz CT molecular complexity index is 865. The van der Waals surface area contributed by atoms with Gasteiger partial charge >= 0.3 is 6.18 Å². The molecule has 5 nitrogen and oxygen atoms in total. The SMILES string of the molecule is [C-]#[N+]c1ccc(CC(=O)[C@@](C)(O)Cn2cc(Br)c(F)n2)cc1C(F)(F)F. The van der Waals surface area contributed by atoms with Crippen molar-refractivity contribution in [3.63, 3.8) is 0 Å². The topological polar surface area (TPSA) is 59.5 Å². The van der Waals surface area contributed by atoms with E-state index in [0.717, 1.165) is 10.7 Å². The largest absolute Gasteiger partial charge is 0.407 e. The summed E-state index contributed by atoms with van der Waals surface area (Å²) in [5, 5.41) is 13.8. The predicted octanol–water partition coefficient (Wildman–Crippen LogP) is 3.92. The third-order valence-corrected chi connectivity index (χ3v) is 4.13. The number of hydrogen-bond donors (Lipinski definition) is 1. The minimum Gasteiger partial charge on any atom is -0.380 e. The molecule has 0 amide bonds. The van der Waals surface area contributed by atoms with Crippen molar-refractivity contribution in [3.8, 4) is 0 Å². The molecule has 0 saturated carbocycles. The molecule has 0 spiro atoms. The highest BCUT2D eigenvalue weighted by Crippen LogP contribution is 2.37. The highest BCUT2D eigenvalue weighted by molar-refractivity contribution is 9.10. The quantitative estimate of drug-likeness (QED) is 0.574. The second-order valence-electron chi connectivity index (χ2n) is 5.80. The molecule has 0 unspecified atom stereocenters. The number of ketones is 1. The fourth-order valence-electron chi connectivity index (χ4n) is 2.25. The minimum absolute atomic E-state index is 0.00262. The van der Waals surface area contributed by atoms with Crippen LogP contribution in [-0.2, 0) is 23.9 Å². The van der Waals surface area contributed by atoms with Crippen LogP contribution in [0.15, 0.2) is 28.9 Å². The van der Waals surface area contributed by atoms with Gasteiger partial charge in [0.1, 0.15) is 5.60 Å². The van der Waals surface area contributed by atoms with Gasteiger partial charge in [-0.25, -0.2) is 4.85 Å². The molecule has 1 atom stereocenters. The van der Waals surface area contributed by atoms with Gasteiger partial charge in [0.25, 0.3) is 0 Å². The van der Waals surface area contributed by atoms with Crippen LogP contribution < -0.4 is 0 Å². The molecule has 138 valence electrons. The van der Waals surface area contributed by atoms with Crippen molar-refractivity contribution in [1.82, 2.24) is 9.78 Å². The van der Waals surface area contributed by atoms with Crippen LogP contribution in [0.5, 0.6) is 0 Å². The molecule has 1 N–H and O–H groups in total. The number of carbonyl (C=O) groups is 1. The molecule has 26 heavy (non-hydrogen) atoms. The van der Waals surface area contributed by atoms with Gasteiger partial charge in [-0.1, -0.05) is 18.2 Å². The van der Waals surface area contributed by atoms with Gasteiger partial charge in [0.2, 0.25) is 5.95 Å². The lowest BCUT2D eigenvalue weighted by molar-refractivity contribution is -0.138. The molecule has 0 bridgehead atoms. The van der Waals surface area contributed by atoms with E-state index in [1.807, 2.05) is 0 Å². The zero-order valence-corrected chi connectivity index (χ0v) is 14.9. The third-order valence-electron chi connectivity index (χ3n) is 3.60. The van der Waals surface area contributed by atoms with Crippen LogP contribution in [0, 0.1) is 12.5 Å². The predicted molar refractivity (Wildman–Crippen MR) is 86.9 cm³/mol. The van der Waals surface area contributed by atoms with Gasteiger partial charge in [0.15, 0.2) is 11.5 Å². The molecule has 0 aliphatic rings. The Morgan fingerprint density at radius 1 is 1.42 bits per heavy atom. The van der Waals surface area contributed by atoms with Gasteiger partial charge in [-0.3, -0.25) is 9.48 Å². The first-order valence-electron chi connectivity index (χ1n) is 7.16. The second kappa shape index (κ2) is 7.17. The summed E-state index contributed by atoms with van der Waals surface area (Å²) in [5.41, 5.74) is -3.69. The Hall–Kier alpha value is -2.25. The van der Waals surface area contributed by atoms with E-state index in [-0.39, 0.29) is 16.6 Å². The molecule has 0 aliphatic carbocycles. The van der Waals surface area contributed by atoms with Gasteiger partial charge in [0, 0.05) is 12.6 Å². The van der Waals surface area contributed by atoms with E-state index in [4.69, 9.17) is 6.57 Å². The fraction of sp³-hybridized carbons (Fsp3) is 0.312. The first-order valence-corrected chi connectivity index (χ1v) is 7.95. The van der Waals surface area contributed by atoms with Crippen molar-refractivity contribution in [2.75, 3.05) is 0 Å². The van der Waals surface area contributed by atoms with Crippen LogP contribution >= 0.6 is 15.9 Å². The number of nitrogens with zero attached hydrogens (tertiary/aromatic N) is 3. The van der Waals surface area contributed by atoms with Crippen LogP contribution in [0.2, 0.25) is 0 Å². The zero-order chi connectivity index (χ0) is 19.7. The van der Waals surface area contributed by atoms with E-state index < -0.39 is 41.2 Å². The van der Waals surface area contributed by atoms with Gasteiger partial charge in [-0.15, -0.1) is 5.10 Å². The van der Waals surface area contributed by atoms with E-state index in [9.17, 15) is 27.5 Å². The number of hydrogen-bond acceptors (Lipinski definition) is 3. The van der Waals surface area contributed by atoms with E-state index in [1.165, 1.54) is 19.2 Å². The lowest BCUT2D eigenvalue weighted by atomic mass is 9.94. The smallest absolute Gasteiger partial charge is 0.380 e. The molecule has 0 fully saturated rings. The fourth-order valence-corrected chi connectivity index (χ4v) is 2.57. The summed E-state index contributed by atoms with van der Waals surface area (Å²) >= 11 is 2.90. The van der Waals surface area contributed by atoms with Crippen molar-refractivity contribution < 1.29 is 27.5 Å². The van der Waals surface area contributed by atoms with Crippen LogP contribution in [0.25, 0.3) is 4.85 Å². The number of carbonyl (C=O) groups excluding carboxylic acids is 1. The maximum atomic E-state index is 13.2. The normalized spacial score (nSPS) is 13.9. The first kappa shape index (κ1) is 20.1. The maximum Gasteiger partial charge on any atom is 0.407 e.